The first-order valence-electron chi connectivity index (χ1n) is 7.32. The van der Waals surface area contributed by atoms with Crippen molar-refractivity contribution in [2.45, 2.75) is 56.5 Å². The summed E-state index contributed by atoms with van der Waals surface area (Å²) >= 11 is 0. The number of carbonyl (C=O) groups excluding carboxylic acids is 1. The molecule has 1 aliphatic heterocycles. The molecule has 0 aromatic carbocycles. The summed E-state index contributed by atoms with van der Waals surface area (Å²) < 4.78 is 22.7. The van der Waals surface area contributed by atoms with Crippen LogP contribution in [0.1, 0.15) is 38.5 Å². The average molecular weight is 284 g/mol. The van der Waals surface area contributed by atoms with E-state index in [4.69, 9.17) is 18.9 Å². The van der Waals surface area contributed by atoms with E-state index < -0.39 is 5.79 Å². The second-order valence-electron chi connectivity index (χ2n) is 5.35. The van der Waals surface area contributed by atoms with E-state index in [9.17, 15) is 4.79 Å². The van der Waals surface area contributed by atoms with E-state index in [0.717, 1.165) is 32.0 Å². The summed E-state index contributed by atoms with van der Waals surface area (Å²) in [5.41, 5.74) is 0. The zero-order chi connectivity index (χ0) is 14.3. The van der Waals surface area contributed by atoms with Crippen LogP contribution in [0.3, 0.4) is 0 Å². The van der Waals surface area contributed by atoms with Crippen LogP contribution in [0.4, 0.5) is 0 Å². The van der Waals surface area contributed by atoms with Gasteiger partial charge in [-0.15, -0.1) is 0 Å². The molecule has 0 aromatic heterocycles. The van der Waals surface area contributed by atoms with Crippen LogP contribution in [-0.2, 0) is 23.7 Å². The minimum atomic E-state index is -0.397. The minimum Gasteiger partial charge on any atom is -0.359 e. The summed E-state index contributed by atoms with van der Waals surface area (Å²) in [6.07, 6.45) is 9.90. The number of ether oxygens (including phenoxy) is 4. The number of rotatable bonds is 7. The summed E-state index contributed by atoms with van der Waals surface area (Å²) in [6, 6.07) is 0. The second kappa shape index (κ2) is 7.88. The molecule has 1 saturated heterocycles. The highest BCUT2D eigenvalue weighted by molar-refractivity contribution is 5.64. The number of allylic oxidation sites excluding steroid dienone is 1. The lowest BCUT2D eigenvalue weighted by Gasteiger charge is -2.32. The van der Waals surface area contributed by atoms with E-state index in [2.05, 4.69) is 0 Å². The van der Waals surface area contributed by atoms with E-state index >= 15 is 0 Å². The lowest BCUT2D eigenvalue weighted by molar-refractivity contribution is -0.204. The monoisotopic (exact) mass is 284 g/mol. The number of methoxy groups -OCH3 is 1. The van der Waals surface area contributed by atoms with Crippen LogP contribution < -0.4 is 0 Å². The van der Waals surface area contributed by atoms with Crippen LogP contribution in [0.15, 0.2) is 12.2 Å². The first kappa shape index (κ1) is 15.6. The third-order valence-corrected chi connectivity index (χ3v) is 3.89. The van der Waals surface area contributed by atoms with Crippen molar-refractivity contribution in [2.75, 3.05) is 20.5 Å². The van der Waals surface area contributed by atoms with Gasteiger partial charge in [-0.05, 0) is 25.3 Å². The average Bonchev–Trinajstić information content (AvgIpc) is 2.87. The molecule has 2 aliphatic rings. The van der Waals surface area contributed by atoms with Gasteiger partial charge in [-0.3, -0.25) is 4.79 Å². The maximum absolute atomic E-state index is 10.4. The van der Waals surface area contributed by atoms with Gasteiger partial charge in [0.1, 0.15) is 19.2 Å². The third-order valence-electron chi connectivity index (χ3n) is 3.89. The highest BCUT2D eigenvalue weighted by Crippen LogP contribution is 2.39. The van der Waals surface area contributed by atoms with Crippen LogP contribution in [0.25, 0.3) is 0 Å². The van der Waals surface area contributed by atoms with E-state index in [0.29, 0.717) is 13.0 Å². The molecule has 0 aromatic rings. The van der Waals surface area contributed by atoms with Gasteiger partial charge in [0.15, 0.2) is 5.79 Å². The molecule has 0 unspecified atom stereocenters. The van der Waals surface area contributed by atoms with E-state index in [1.165, 1.54) is 12.5 Å². The highest BCUT2D eigenvalue weighted by atomic mass is 16.8. The Morgan fingerprint density at radius 3 is 2.85 bits per heavy atom. The van der Waals surface area contributed by atoms with Gasteiger partial charge in [-0.1, -0.05) is 12.5 Å². The maximum Gasteiger partial charge on any atom is 0.169 e. The van der Waals surface area contributed by atoms with E-state index in [1.807, 2.05) is 0 Å². The molecule has 0 N–H and O–H groups in total. The van der Waals surface area contributed by atoms with Gasteiger partial charge < -0.3 is 18.9 Å². The van der Waals surface area contributed by atoms with E-state index in [1.54, 1.807) is 13.2 Å². The topological polar surface area (TPSA) is 54.0 Å². The molecular weight excluding hydrogens is 260 g/mol. The molecule has 0 amide bonds. The van der Waals surface area contributed by atoms with Crippen LogP contribution in [0.2, 0.25) is 0 Å². The molecule has 1 aliphatic carbocycles. The Labute approximate surface area is 120 Å². The van der Waals surface area contributed by atoms with Crippen LogP contribution in [-0.4, -0.2) is 44.8 Å². The van der Waals surface area contributed by atoms with Crippen molar-refractivity contribution in [2.24, 2.45) is 0 Å². The molecule has 1 saturated carbocycles. The summed E-state index contributed by atoms with van der Waals surface area (Å²) in [5.74, 6) is -0.397. The molecular formula is C15H24O5. The number of carbonyl (C=O) groups is 1. The van der Waals surface area contributed by atoms with Gasteiger partial charge in [0, 0.05) is 20.0 Å². The quantitative estimate of drug-likeness (QED) is 0.407. The summed E-state index contributed by atoms with van der Waals surface area (Å²) in [5, 5.41) is 0. The smallest absolute Gasteiger partial charge is 0.169 e. The van der Waals surface area contributed by atoms with Crippen molar-refractivity contribution < 1.29 is 23.7 Å². The van der Waals surface area contributed by atoms with Crippen LogP contribution >= 0.6 is 0 Å². The summed E-state index contributed by atoms with van der Waals surface area (Å²) in [6.45, 7) is 0.760. The van der Waals surface area contributed by atoms with Crippen molar-refractivity contribution in [3.05, 3.63) is 12.2 Å². The SMILES string of the molecule is COCO[C@@H](C/C=C/C=O)[C@H]1COC2(CCCCC2)O1. The fourth-order valence-electron chi connectivity index (χ4n) is 2.86. The zero-order valence-corrected chi connectivity index (χ0v) is 12.1. The fourth-order valence-corrected chi connectivity index (χ4v) is 2.86. The molecule has 0 bridgehead atoms. The lowest BCUT2D eigenvalue weighted by Crippen LogP contribution is -2.37. The Kier molecular flexibility index (Phi) is 6.16. The van der Waals surface area contributed by atoms with Gasteiger partial charge in [0.25, 0.3) is 0 Å². The molecule has 5 nitrogen and oxygen atoms in total. The van der Waals surface area contributed by atoms with Gasteiger partial charge in [-0.2, -0.15) is 0 Å². The Bertz CT molecular complexity index is 322. The maximum atomic E-state index is 10.4. The van der Waals surface area contributed by atoms with Gasteiger partial charge in [0.2, 0.25) is 0 Å². The third kappa shape index (κ3) is 4.12. The van der Waals surface area contributed by atoms with Gasteiger partial charge in [0.05, 0.1) is 12.7 Å². The predicted octanol–water partition coefficient (Wildman–Crippen LogP) is 2.20. The number of aldehydes is 1. The summed E-state index contributed by atoms with van der Waals surface area (Å²) in [7, 11) is 1.59. The molecule has 1 heterocycles. The Hall–Kier alpha value is -0.750. The molecule has 20 heavy (non-hydrogen) atoms. The second-order valence-corrected chi connectivity index (χ2v) is 5.35. The Morgan fingerprint density at radius 2 is 2.15 bits per heavy atom. The highest BCUT2D eigenvalue weighted by Gasteiger charge is 2.44. The molecule has 2 rings (SSSR count). The minimum absolute atomic E-state index is 0.0976. The van der Waals surface area contributed by atoms with Crippen molar-refractivity contribution in [3.8, 4) is 0 Å². The normalized spacial score (nSPS) is 27.1. The molecule has 2 fully saturated rings. The molecule has 2 atom stereocenters. The number of hydrogen-bond donors (Lipinski definition) is 0. The first-order valence-corrected chi connectivity index (χ1v) is 7.32. The predicted molar refractivity (Wildman–Crippen MR) is 73.2 cm³/mol. The molecule has 1 spiro atoms. The molecule has 0 radical (unpaired) electrons. The largest absolute Gasteiger partial charge is 0.359 e. The van der Waals surface area contributed by atoms with Crippen molar-refractivity contribution >= 4 is 6.29 Å². The van der Waals surface area contributed by atoms with Gasteiger partial charge >= 0.3 is 0 Å². The lowest BCUT2D eigenvalue weighted by atomic mass is 9.94. The van der Waals surface area contributed by atoms with Crippen molar-refractivity contribution in [1.29, 1.82) is 0 Å². The number of hydrogen-bond acceptors (Lipinski definition) is 5. The van der Waals surface area contributed by atoms with Gasteiger partial charge in [-0.25, -0.2) is 0 Å². The summed E-state index contributed by atoms with van der Waals surface area (Å²) in [4.78, 5) is 10.4. The fraction of sp³-hybridized carbons (Fsp3) is 0.800. The van der Waals surface area contributed by atoms with Crippen molar-refractivity contribution in [1.82, 2.24) is 0 Å². The standard InChI is InChI=1S/C15H24O5/c1-17-12-18-13(7-3-6-10-16)14-11-19-15(20-14)8-4-2-5-9-15/h3,6,10,13-14H,2,4-5,7-9,11-12H2,1H3/b6-3+/t13-,14+/m0/s1. The van der Waals surface area contributed by atoms with Crippen molar-refractivity contribution in [3.63, 3.8) is 0 Å². The Morgan fingerprint density at radius 1 is 1.35 bits per heavy atom. The molecule has 114 valence electrons. The first-order chi connectivity index (χ1) is 9.79. The van der Waals surface area contributed by atoms with E-state index in [-0.39, 0.29) is 19.0 Å². The molecule has 5 heteroatoms. The van der Waals surface area contributed by atoms with Crippen LogP contribution in [0, 0.1) is 0 Å². The Balaban J connectivity index is 1.91. The van der Waals surface area contributed by atoms with Crippen LogP contribution in [0.5, 0.6) is 0 Å². The zero-order valence-electron chi connectivity index (χ0n) is 12.1.